The van der Waals surface area contributed by atoms with Crippen LogP contribution in [0.3, 0.4) is 0 Å². The highest BCUT2D eigenvalue weighted by Gasteiger charge is 2.25. The number of rotatable bonds is 5. The zero-order chi connectivity index (χ0) is 16.9. The molecule has 0 saturated carbocycles. The smallest absolute Gasteiger partial charge is 0.159 e. The number of allylic oxidation sites excluding steroid dienone is 1. The predicted molar refractivity (Wildman–Crippen MR) is 93.0 cm³/mol. The van der Waals surface area contributed by atoms with Crippen LogP contribution in [0.2, 0.25) is 0 Å². The topological polar surface area (TPSA) is 38.8 Å². The number of ketones is 1. The van der Waals surface area contributed by atoms with Gasteiger partial charge in [0.05, 0.1) is 20.3 Å². The fraction of sp³-hybridized carbons (Fsp3) is 0.250. The third-order valence-electron chi connectivity index (χ3n) is 4.21. The maximum Gasteiger partial charge on any atom is 0.159 e. The van der Waals surface area contributed by atoms with Crippen LogP contribution < -0.4 is 9.47 Å². The van der Waals surface area contributed by atoms with Gasteiger partial charge < -0.3 is 14.4 Å². The highest BCUT2D eigenvalue weighted by molar-refractivity contribution is 5.91. The van der Waals surface area contributed by atoms with Crippen LogP contribution in [-0.2, 0) is 11.3 Å². The molecule has 0 aliphatic carbocycles. The van der Waals surface area contributed by atoms with Gasteiger partial charge in [0.15, 0.2) is 5.78 Å². The molecule has 0 N–H and O–H groups in total. The molecule has 0 fully saturated rings. The lowest BCUT2D eigenvalue weighted by Gasteiger charge is -2.33. The Morgan fingerprint density at radius 1 is 1.04 bits per heavy atom. The summed E-state index contributed by atoms with van der Waals surface area (Å²) in [4.78, 5) is 14.2. The van der Waals surface area contributed by atoms with Gasteiger partial charge in [0.25, 0.3) is 0 Å². The van der Waals surface area contributed by atoms with Gasteiger partial charge in [0.1, 0.15) is 11.5 Å². The summed E-state index contributed by atoms with van der Waals surface area (Å²) in [6.45, 7) is 0.745. The Kier molecular flexibility index (Phi) is 4.85. The first-order valence-electron chi connectivity index (χ1n) is 7.93. The lowest BCUT2D eigenvalue weighted by molar-refractivity contribution is -0.116. The number of benzene rings is 2. The molecule has 4 nitrogen and oxygen atoms in total. The van der Waals surface area contributed by atoms with E-state index in [4.69, 9.17) is 9.47 Å². The first-order chi connectivity index (χ1) is 11.7. The van der Waals surface area contributed by atoms with E-state index in [0.717, 1.165) is 23.6 Å². The zero-order valence-corrected chi connectivity index (χ0v) is 13.9. The van der Waals surface area contributed by atoms with E-state index in [1.807, 2.05) is 42.6 Å². The summed E-state index contributed by atoms with van der Waals surface area (Å²) in [6.07, 6.45) is 3.98. The van der Waals surface area contributed by atoms with Crippen molar-refractivity contribution in [2.24, 2.45) is 0 Å². The standard InChI is InChI=1S/C20H21NO3/c1-23-18-10-16(11-19(13-18)24-2)20-12-17(22)8-9-21(20)14-15-6-4-3-5-7-15/h3-11,13,20H,12,14H2,1-2H3. The molecular formula is C20H21NO3. The molecule has 124 valence electrons. The van der Waals surface area contributed by atoms with Gasteiger partial charge in [-0.25, -0.2) is 0 Å². The third-order valence-corrected chi connectivity index (χ3v) is 4.21. The summed E-state index contributed by atoms with van der Waals surface area (Å²) in [7, 11) is 3.26. The van der Waals surface area contributed by atoms with E-state index >= 15 is 0 Å². The molecule has 1 heterocycles. The maximum atomic E-state index is 12.0. The van der Waals surface area contributed by atoms with E-state index < -0.39 is 0 Å². The highest BCUT2D eigenvalue weighted by Crippen LogP contribution is 2.34. The first kappa shape index (κ1) is 16.1. The van der Waals surface area contributed by atoms with Gasteiger partial charge in [-0.1, -0.05) is 30.3 Å². The lowest BCUT2D eigenvalue weighted by atomic mass is 9.96. The number of hydrogen-bond acceptors (Lipinski definition) is 4. The average molecular weight is 323 g/mol. The van der Waals surface area contributed by atoms with Crippen molar-refractivity contribution in [1.82, 2.24) is 4.90 Å². The number of methoxy groups -OCH3 is 2. The summed E-state index contributed by atoms with van der Waals surface area (Å²) in [5.41, 5.74) is 2.22. The minimum Gasteiger partial charge on any atom is -0.497 e. The summed E-state index contributed by atoms with van der Waals surface area (Å²) in [6, 6.07) is 16.0. The van der Waals surface area contributed by atoms with Crippen LogP contribution in [0.25, 0.3) is 0 Å². The molecular weight excluding hydrogens is 302 g/mol. The molecule has 2 aromatic rings. The quantitative estimate of drug-likeness (QED) is 0.840. The zero-order valence-electron chi connectivity index (χ0n) is 13.9. The molecule has 0 saturated heterocycles. The number of carbonyl (C=O) groups excluding carboxylic acids is 1. The summed E-state index contributed by atoms with van der Waals surface area (Å²) >= 11 is 0. The van der Waals surface area contributed by atoms with Gasteiger partial charge in [-0.05, 0) is 29.3 Å². The predicted octanol–water partition coefficient (Wildman–Crippen LogP) is 3.73. The van der Waals surface area contributed by atoms with Crippen molar-refractivity contribution in [2.75, 3.05) is 14.2 Å². The average Bonchev–Trinajstić information content (AvgIpc) is 2.63. The van der Waals surface area contributed by atoms with E-state index in [0.29, 0.717) is 6.42 Å². The van der Waals surface area contributed by atoms with Crippen LogP contribution in [0.5, 0.6) is 11.5 Å². The normalized spacial score (nSPS) is 17.0. The largest absolute Gasteiger partial charge is 0.497 e. The molecule has 1 unspecified atom stereocenters. The van der Waals surface area contributed by atoms with Crippen molar-refractivity contribution in [3.63, 3.8) is 0 Å². The summed E-state index contributed by atoms with van der Waals surface area (Å²) in [5.74, 6) is 1.59. The molecule has 1 aliphatic rings. The Hall–Kier alpha value is -2.75. The van der Waals surface area contributed by atoms with Crippen LogP contribution in [0.1, 0.15) is 23.6 Å². The Bertz CT molecular complexity index is 718. The molecule has 0 bridgehead atoms. The van der Waals surface area contributed by atoms with Crippen LogP contribution in [-0.4, -0.2) is 24.9 Å². The molecule has 24 heavy (non-hydrogen) atoms. The fourth-order valence-corrected chi connectivity index (χ4v) is 2.95. The third kappa shape index (κ3) is 3.59. The molecule has 1 atom stereocenters. The van der Waals surface area contributed by atoms with Crippen LogP contribution >= 0.6 is 0 Å². The number of ether oxygens (including phenoxy) is 2. The van der Waals surface area contributed by atoms with Crippen molar-refractivity contribution in [3.05, 3.63) is 71.9 Å². The second-order valence-corrected chi connectivity index (χ2v) is 5.81. The van der Waals surface area contributed by atoms with Gasteiger partial charge in [-0.15, -0.1) is 0 Å². The van der Waals surface area contributed by atoms with E-state index in [1.54, 1.807) is 20.3 Å². The van der Waals surface area contributed by atoms with Crippen molar-refractivity contribution < 1.29 is 14.3 Å². The fourth-order valence-electron chi connectivity index (χ4n) is 2.95. The van der Waals surface area contributed by atoms with Crippen LogP contribution in [0.4, 0.5) is 0 Å². The van der Waals surface area contributed by atoms with E-state index in [1.165, 1.54) is 5.56 Å². The summed E-state index contributed by atoms with van der Waals surface area (Å²) < 4.78 is 10.7. The number of nitrogens with zero attached hydrogens (tertiary/aromatic N) is 1. The molecule has 2 aromatic carbocycles. The second kappa shape index (κ2) is 7.21. The van der Waals surface area contributed by atoms with Crippen LogP contribution in [0, 0.1) is 0 Å². The van der Waals surface area contributed by atoms with Gasteiger partial charge in [-0.3, -0.25) is 4.79 Å². The molecule has 0 spiro atoms. The monoisotopic (exact) mass is 323 g/mol. The lowest BCUT2D eigenvalue weighted by Crippen LogP contribution is -2.28. The Morgan fingerprint density at radius 2 is 1.71 bits per heavy atom. The Labute approximate surface area is 142 Å². The van der Waals surface area contributed by atoms with Crippen LogP contribution in [0.15, 0.2) is 60.8 Å². The van der Waals surface area contributed by atoms with Crippen molar-refractivity contribution >= 4 is 5.78 Å². The molecule has 4 heteroatoms. The highest BCUT2D eigenvalue weighted by atomic mass is 16.5. The molecule has 0 aromatic heterocycles. The molecule has 0 amide bonds. The van der Waals surface area contributed by atoms with Crippen molar-refractivity contribution in [1.29, 1.82) is 0 Å². The van der Waals surface area contributed by atoms with E-state index in [9.17, 15) is 4.79 Å². The first-order valence-corrected chi connectivity index (χ1v) is 7.93. The number of hydrogen-bond donors (Lipinski definition) is 0. The SMILES string of the molecule is COc1cc(OC)cc(C2CC(=O)C=CN2Cc2ccccc2)c1. The summed E-state index contributed by atoms with van der Waals surface area (Å²) in [5, 5.41) is 0. The Balaban J connectivity index is 1.93. The van der Waals surface area contributed by atoms with Gasteiger partial charge in [0.2, 0.25) is 0 Å². The second-order valence-electron chi connectivity index (χ2n) is 5.81. The maximum absolute atomic E-state index is 12.0. The Morgan fingerprint density at radius 3 is 2.33 bits per heavy atom. The van der Waals surface area contributed by atoms with Crippen molar-refractivity contribution in [3.8, 4) is 11.5 Å². The molecule has 0 radical (unpaired) electrons. The van der Waals surface area contributed by atoms with Gasteiger partial charge in [-0.2, -0.15) is 0 Å². The van der Waals surface area contributed by atoms with E-state index in [2.05, 4.69) is 17.0 Å². The molecule has 1 aliphatic heterocycles. The number of carbonyl (C=O) groups is 1. The van der Waals surface area contributed by atoms with Crippen molar-refractivity contribution in [2.45, 2.75) is 19.0 Å². The van der Waals surface area contributed by atoms with Gasteiger partial charge in [0, 0.05) is 25.2 Å². The minimum absolute atomic E-state index is 0.0355. The van der Waals surface area contributed by atoms with E-state index in [-0.39, 0.29) is 11.8 Å². The van der Waals surface area contributed by atoms with Gasteiger partial charge >= 0.3 is 0 Å². The molecule has 3 rings (SSSR count). The minimum atomic E-state index is -0.0355.